The number of benzene rings is 1. The Balaban J connectivity index is 1.40. The van der Waals surface area contributed by atoms with Gasteiger partial charge in [0.05, 0.1) is 43.2 Å². The van der Waals surface area contributed by atoms with Crippen LogP contribution in [0.2, 0.25) is 0 Å². The molecule has 160 valence electrons. The third-order valence-corrected chi connectivity index (χ3v) is 6.98. The van der Waals surface area contributed by atoms with E-state index in [2.05, 4.69) is 15.2 Å². The van der Waals surface area contributed by atoms with Gasteiger partial charge in [0.25, 0.3) is 5.91 Å². The second-order valence-corrected chi connectivity index (χ2v) is 8.94. The number of hydrogen-bond donors (Lipinski definition) is 1. The van der Waals surface area contributed by atoms with E-state index in [-0.39, 0.29) is 10.8 Å². The summed E-state index contributed by atoms with van der Waals surface area (Å²) in [5, 5.41) is 2.79. The molecule has 0 bridgehead atoms. The molecule has 2 aromatic rings. The zero-order valence-electron chi connectivity index (χ0n) is 16.5. The van der Waals surface area contributed by atoms with E-state index in [4.69, 9.17) is 9.47 Å². The Labute approximate surface area is 175 Å². The number of hydrogen-bond acceptors (Lipinski definition) is 7. The third kappa shape index (κ3) is 4.62. The summed E-state index contributed by atoms with van der Waals surface area (Å²) in [5.74, 6) is 0.514. The molecule has 2 fully saturated rings. The van der Waals surface area contributed by atoms with Crippen LogP contribution in [-0.2, 0) is 19.5 Å². The number of pyridine rings is 1. The second kappa shape index (κ2) is 9.09. The van der Waals surface area contributed by atoms with Gasteiger partial charge < -0.3 is 19.7 Å². The predicted molar refractivity (Wildman–Crippen MR) is 111 cm³/mol. The molecular formula is C20H24N4O5S. The third-order valence-electron chi connectivity index (χ3n) is 5.07. The number of ether oxygens (including phenoxy) is 2. The van der Waals surface area contributed by atoms with E-state index in [9.17, 15) is 13.2 Å². The molecule has 1 aromatic heterocycles. The van der Waals surface area contributed by atoms with E-state index >= 15 is 0 Å². The average Bonchev–Trinajstić information content (AvgIpc) is 2.81. The Kier molecular flexibility index (Phi) is 6.28. The van der Waals surface area contributed by atoms with Crippen molar-refractivity contribution >= 4 is 27.4 Å². The zero-order valence-corrected chi connectivity index (χ0v) is 17.3. The van der Waals surface area contributed by atoms with Crippen LogP contribution >= 0.6 is 0 Å². The lowest BCUT2D eigenvalue weighted by Gasteiger charge is -2.27. The average molecular weight is 433 g/mol. The van der Waals surface area contributed by atoms with Gasteiger partial charge in [0.2, 0.25) is 10.0 Å². The molecule has 2 aliphatic heterocycles. The van der Waals surface area contributed by atoms with Crippen molar-refractivity contribution in [2.24, 2.45) is 0 Å². The lowest BCUT2D eigenvalue weighted by Crippen LogP contribution is -2.40. The molecule has 0 radical (unpaired) electrons. The van der Waals surface area contributed by atoms with Crippen molar-refractivity contribution < 1.29 is 22.7 Å². The van der Waals surface area contributed by atoms with Crippen LogP contribution in [0.5, 0.6) is 0 Å². The molecule has 10 heteroatoms. The Morgan fingerprint density at radius 3 is 2.13 bits per heavy atom. The fourth-order valence-electron chi connectivity index (χ4n) is 3.36. The summed E-state index contributed by atoms with van der Waals surface area (Å²) in [6.07, 6.45) is 1.61. The molecule has 0 saturated carbocycles. The van der Waals surface area contributed by atoms with Crippen molar-refractivity contribution in [2.75, 3.05) is 62.8 Å². The van der Waals surface area contributed by atoms with E-state index in [1.165, 1.54) is 28.6 Å². The van der Waals surface area contributed by atoms with Gasteiger partial charge in [0.1, 0.15) is 5.82 Å². The molecule has 1 N–H and O–H groups in total. The van der Waals surface area contributed by atoms with Crippen molar-refractivity contribution in [1.82, 2.24) is 9.29 Å². The monoisotopic (exact) mass is 432 g/mol. The minimum absolute atomic E-state index is 0.164. The number of amides is 1. The van der Waals surface area contributed by atoms with E-state index in [1.54, 1.807) is 12.3 Å². The first kappa shape index (κ1) is 20.7. The van der Waals surface area contributed by atoms with Crippen molar-refractivity contribution in [3.8, 4) is 0 Å². The van der Waals surface area contributed by atoms with E-state index < -0.39 is 10.0 Å². The maximum atomic E-state index is 12.7. The number of morpholine rings is 2. The smallest absolute Gasteiger partial charge is 0.255 e. The maximum Gasteiger partial charge on any atom is 0.255 e. The van der Waals surface area contributed by atoms with Gasteiger partial charge >= 0.3 is 0 Å². The van der Waals surface area contributed by atoms with Gasteiger partial charge in [-0.15, -0.1) is 0 Å². The molecule has 2 saturated heterocycles. The Morgan fingerprint density at radius 2 is 1.53 bits per heavy atom. The van der Waals surface area contributed by atoms with E-state index in [1.807, 2.05) is 6.07 Å². The summed E-state index contributed by atoms with van der Waals surface area (Å²) in [6, 6.07) is 9.60. The largest absolute Gasteiger partial charge is 0.379 e. The van der Waals surface area contributed by atoms with Gasteiger partial charge in [-0.3, -0.25) is 4.79 Å². The van der Waals surface area contributed by atoms with Crippen molar-refractivity contribution in [3.63, 3.8) is 0 Å². The van der Waals surface area contributed by atoms with Gasteiger partial charge in [-0.05, 0) is 36.4 Å². The van der Waals surface area contributed by atoms with Crippen LogP contribution in [0, 0.1) is 0 Å². The number of carbonyl (C=O) groups excluding carboxylic acids is 1. The van der Waals surface area contributed by atoms with Gasteiger partial charge in [-0.1, -0.05) is 0 Å². The quantitative estimate of drug-likeness (QED) is 0.757. The predicted octanol–water partition coefficient (Wildman–Crippen LogP) is 1.19. The molecular weight excluding hydrogens is 408 g/mol. The number of nitrogens with zero attached hydrogens (tertiary/aromatic N) is 3. The fraction of sp³-hybridized carbons (Fsp3) is 0.400. The number of anilines is 2. The zero-order chi connectivity index (χ0) is 21.0. The molecule has 1 amide bonds. The molecule has 30 heavy (non-hydrogen) atoms. The van der Waals surface area contributed by atoms with Crippen LogP contribution in [0.3, 0.4) is 0 Å². The molecule has 4 rings (SSSR count). The molecule has 0 aliphatic carbocycles. The molecule has 3 heterocycles. The molecule has 1 aromatic carbocycles. The van der Waals surface area contributed by atoms with Crippen LogP contribution in [0.25, 0.3) is 0 Å². The maximum absolute atomic E-state index is 12.7. The van der Waals surface area contributed by atoms with Gasteiger partial charge in [-0.2, -0.15) is 4.31 Å². The normalized spacial score (nSPS) is 18.2. The molecule has 9 nitrogen and oxygen atoms in total. The van der Waals surface area contributed by atoms with E-state index in [0.29, 0.717) is 50.8 Å². The minimum Gasteiger partial charge on any atom is -0.379 e. The van der Waals surface area contributed by atoms with Gasteiger partial charge in [0.15, 0.2) is 0 Å². The van der Waals surface area contributed by atoms with Crippen LogP contribution in [0.1, 0.15) is 10.4 Å². The topological polar surface area (TPSA) is 101 Å². The van der Waals surface area contributed by atoms with Crippen LogP contribution in [0.15, 0.2) is 47.5 Å². The first-order chi connectivity index (χ1) is 14.5. The first-order valence-electron chi connectivity index (χ1n) is 9.82. The van der Waals surface area contributed by atoms with E-state index in [0.717, 1.165) is 18.9 Å². The number of rotatable bonds is 5. The lowest BCUT2D eigenvalue weighted by atomic mass is 10.2. The molecule has 0 unspecified atom stereocenters. The van der Waals surface area contributed by atoms with Crippen LogP contribution < -0.4 is 10.2 Å². The van der Waals surface area contributed by atoms with Crippen molar-refractivity contribution in [2.45, 2.75) is 4.90 Å². The number of aromatic nitrogens is 1. The summed E-state index contributed by atoms with van der Waals surface area (Å²) in [5.41, 5.74) is 0.940. The van der Waals surface area contributed by atoms with Crippen molar-refractivity contribution in [1.29, 1.82) is 0 Å². The van der Waals surface area contributed by atoms with Crippen LogP contribution in [0.4, 0.5) is 11.5 Å². The summed E-state index contributed by atoms with van der Waals surface area (Å²) in [4.78, 5) is 19.2. The number of nitrogens with one attached hydrogen (secondary N) is 1. The van der Waals surface area contributed by atoms with Gasteiger partial charge in [-0.25, -0.2) is 13.4 Å². The summed E-state index contributed by atoms with van der Waals surface area (Å²) < 4.78 is 37.3. The highest BCUT2D eigenvalue weighted by Gasteiger charge is 2.26. The highest BCUT2D eigenvalue weighted by atomic mass is 32.2. The Hall–Kier alpha value is -2.53. The summed E-state index contributed by atoms with van der Waals surface area (Å²) in [7, 11) is -3.58. The first-order valence-corrected chi connectivity index (χ1v) is 11.3. The Morgan fingerprint density at radius 1 is 0.900 bits per heavy atom. The lowest BCUT2D eigenvalue weighted by molar-refractivity contribution is 0.0730. The number of sulfonamides is 1. The molecule has 0 spiro atoms. The Bertz CT molecular complexity index is 967. The fourth-order valence-corrected chi connectivity index (χ4v) is 4.77. The molecule has 0 atom stereocenters. The standard InChI is InChI=1S/C20H24N4O5S/c25-20(22-17-3-6-19(21-15-17)23-7-11-28-12-8-23)16-1-4-18(5-2-16)30(26,27)24-9-13-29-14-10-24/h1-6,15H,7-14H2,(H,22,25). The van der Waals surface area contributed by atoms with Gasteiger partial charge in [0, 0.05) is 31.7 Å². The SMILES string of the molecule is O=C(Nc1ccc(N2CCOCC2)nc1)c1ccc(S(=O)(=O)N2CCOCC2)cc1. The molecule has 2 aliphatic rings. The second-order valence-electron chi connectivity index (χ2n) is 7.00. The summed E-state index contributed by atoms with van der Waals surface area (Å²) >= 11 is 0. The summed E-state index contributed by atoms with van der Waals surface area (Å²) in [6.45, 7) is 4.37. The van der Waals surface area contributed by atoms with Crippen molar-refractivity contribution in [3.05, 3.63) is 48.2 Å². The highest BCUT2D eigenvalue weighted by molar-refractivity contribution is 7.89. The highest BCUT2D eigenvalue weighted by Crippen LogP contribution is 2.19. The minimum atomic E-state index is -3.58. The number of carbonyl (C=O) groups is 1. The van der Waals surface area contributed by atoms with Crippen LogP contribution in [-0.4, -0.2) is 76.2 Å².